The lowest BCUT2D eigenvalue weighted by Gasteiger charge is -2.02. The van der Waals surface area contributed by atoms with Gasteiger partial charge in [-0.05, 0) is 19.1 Å². The molecule has 0 amide bonds. The van der Waals surface area contributed by atoms with Crippen LogP contribution in [0.5, 0.6) is 11.5 Å². The Labute approximate surface area is 118 Å². The van der Waals surface area contributed by atoms with E-state index in [1.807, 2.05) is 4.72 Å². The molecule has 0 unspecified atom stereocenters. The van der Waals surface area contributed by atoms with Crippen LogP contribution in [-0.2, 0) is 10.0 Å². The zero-order valence-corrected chi connectivity index (χ0v) is 11.5. The van der Waals surface area contributed by atoms with Gasteiger partial charge in [-0.15, -0.1) is 0 Å². The molecule has 1 aromatic heterocycles. The number of rotatable bonds is 4. The first-order chi connectivity index (χ1) is 9.76. The predicted molar refractivity (Wildman–Crippen MR) is 70.5 cm³/mol. The quantitative estimate of drug-likeness (QED) is 0.803. The average molecular weight is 319 g/mol. The number of anilines is 1. The van der Waals surface area contributed by atoms with Gasteiger partial charge in [-0.3, -0.25) is 0 Å². The zero-order chi connectivity index (χ0) is 15.8. The monoisotopic (exact) mass is 319 g/mol. The van der Waals surface area contributed by atoms with E-state index in [1.165, 1.54) is 13.0 Å². The molecule has 0 atom stereocenters. The van der Waals surface area contributed by atoms with Gasteiger partial charge in [0.2, 0.25) is 21.5 Å². The summed E-state index contributed by atoms with van der Waals surface area (Å²) in [6.45, 7) is 1.34. The summed E-state index contributed by atoms with van der Waals surface area (Å²) in [5.74, 6) is -5.85. The maximum atomic E-state index is 13.6. The number of nitrogens with one attached hydrogen (secondary N) is 1. The minimum atomic E-state index is -3.78. The Morgan fingerprint density at radius 1 is 1.24 bits per heavy atom. The third kappa shape index (κ3) is 2.77. The highest BCUT2D eigenvalue weighted by molar-refractivity contribution is 7.92. The molecule has 3 N–H and O–H groups in total. The van der Waals surface area contributed by atoms with Crippen molar-refractivity contribution in [3.8, 4) is 22.8 Å². The van der Waals surface area contributed by atoms with Gasteiger partial charge < -0.3 is 14.6 Å². The average Bonchev–Trinajstić information content (AvgIpc) is 2.70. The van der Waals surface area contributed by atoms with Crippen molar-refractivity contribution in [3.63, 3.8) is 0 Å². The highest BCUT2D eigenvalue weighted by Crippen LogP contribution is 2.46. The van der Waals surface area contributed by atoms with Crippen molar-refractivity contribution in [3.05, 3.63) is 29.8 Å². The van der Waals surface area contributed by atoms with Gasteiger partial charge in [0.25, 0.3) is 5.88 Å². The molecule has 9 heteroatoms. The van der Waals surface area contributed by atoms with Crippen molar-refractivity contribution in [2.45, 2.75) is 6.92 Å². The third-order valence-corrected chi connectivity index (χ3v) is 3.94. The number of hydrogen-bond donors (Lipinski definition) is 3. The summed E-state index contributed by atoms with van der Waals surface area (Å²) in [6.07, 6.45) is 0. The van der Waals surface area contributed by atoms with E-state index >= 15 is 0 Å². The summed E-state index contributed by atoms with van der Waals surface area (Å²) >= 11 is 0. The normalized spacial score (nSPS) is 11.6. The molecule has 0 aliphatic carbocycles. The maximum Gasteiger partial charge on any atom is 0.253 e. The van der Waals surface area contributed by atoms with Crippen molar-refractivity contribution in [2.75, 3.05) is 10.5 Å². The van der Waals surface area contributed by atoms with Crippen LogP contribution in [0.2, 0.25) is 0 Å². The van der Waals surface area contributed by atoms with E-state index in [0.717, 1.165) is 12.1 Å². The van der Waals surface area contributed by atoms with Gasteiger partial charge >= 0.3 is 0 Å². The minimum Gasteiger partial charge on any atom is -0.502 e. The molecule has 1 aromatic carbocycles. The molecule has 21 heavy (non-hydrogen) atoms. The SMILES string of the molecule is CCS(=O)(=O)Nc1oc(-c2cccc(F)c2F)c(O)c1O. The largest absolute Gasteiger partial charge is 0.502 e. The van der Waals surface area contributed by atoms with E-state index in [9.17, 15) is 27.4 Å². The van der Waals surface area contributed by atoms with Crippen LogP contribution in [0.1, 0.15) is 6.92 Å². The number of furan rings is 1. The summed E-state index contributed by atoms with van der Waals surface area (Å²) in [7, 11) is -3.78. The van der Waals surface area contributed by atoms with Crippen LogP contribution in [0.15, 0.2) is 22.6 Å². The predicted octanol–water partition coefficient (Wildman–Crippen LogP) is 2.40. The molecule has 114 valence electrons. The second kappa shape index (κ2) is 5.24. The molecule has 6 nitrogen and oxygen atoms in total. The third-order valence-electron chi connectivity index (χ3n) is 2.68. The zero-order valence-electron chi connectivity index (χ0n) is 10.7. The van der Waals surface area contributed by atoms with Gasteiger partial charge in [0.05, 0.1) is 11.3 Å². The molecular formula is C12H11F2NO5S. The van der Waals surface area contributed by atoms with E-state index < -0.39 is 50.4 Å². The topological polar surface area (TPSA) is 99.8 Å². The van der Waals surface area contributed by atoms with Crippen molar-refractivity contribution in [1.82, 2.24) is 0 Å². The number of halogens is 2. The Morgan fingerprint density at radius 3 is 2.52 bits per heavy atom. The Morgan fingerprint density at radius 2 is 1.90 bits per heavy atom. The van der Waals surface area contributed by atoms with E-state index in [1.54, 1.807) is 0 Å². The minimum absolute atomic E-state index is 0.308. The van der Waals surface area contributed by atoms with Crippen LogP contribution in [0.4, 0.5) is 14.7 Å². The Bertz CT molecular complexity index is 785. The first-order valence-electron chi connectivity index (χ1n) is 5.76. The van der Waals surface area contributed by atoms with E-state index in [2.05, 4.69) is 0 Å². The van der Waals surface area contributed by atoms with Crippen molar-refractivity contribution < 1.29 is 31.8 Å². The molecule has 0 saturated carbocycles. The van der Waals surface area contributed by atoms with E-state index in [-0.39, 0.29) is 5.75 Å². The number of sulfonamides is 1. The molecule has 0 bridgehead atoms. The number of aromatic hydroxyl groups is 2. The van der Waals surface area contributed by atoms with Gasteiger partial charge in [-0.2, -0.15) is 0 Å². The molecule has 0 fully saturated rings. The van der Waals surface area contributed by atoms with Gasteiger partial charge in [0.15, 0.2) is 17.4 Å². The summed E-state index contributed by atoms with van der Waals surface area (Å²) in [5.41, 5.74) is -0.454. The van der Waals surface area contributed by atoms with Gasteiger partial charge in [0.1, 0.15) is 0 Å². The summed E-state index contributed by atoms with van der Waals surface area (Å²) in [6, 6.07) is 3.14. The van der Waals surface area contributed by atoms with Crippen LogP contribution >= 0.6 is 0 Å². The van der Waals surface area contributed by atoms with Crippen LogP contribution in [-0.4, -0.2) is 24.4 Å². The maximum absolute atomic E-state index is 13.6. The molecule has 2 rings (SSSR count). The van der Waals surface area contributed by atoms with E-state index in [0.29, 0.717) is 0 Å². The highest BCUT2D eigenvalue weighted by Gasteiger charge is 2.26. The fourth-order valence-electron chi connectivity index (χ4n) is 1.56. The van der Waals surface area contributed by atoms with Crippen LogP contribution in [0, 0.1) is 11.6 Å². The van der Waals surface area contributed by atoms with Crippen LogP contribution < -0.4 is 4.72 Å². The number of hydrogen-bond acceptors (Lipinski definition) is 5. The summed E-state index contributed by atoms with van der Waals surface area (Å²) in [5, 5.41) is 19.3. The second-order valence-electron chi connectivity index (χ2n) is 4.06. The summed E-state index contributed by atoms with van der Waals surface area (Å²) < 4.78 is 56.4. The van der Waals surface area contributed by atoms with Crippen LogP contribution in [0.3, 0.4) is 0 Å². The first kappa shape index (κ1) is 15.1. The fraction of sp³-hybridized carbons (Fsp3) is 0.167. The lowest BCUT2D eigenvalue weighted by Crippen LogP contribution is -2.14. The molecule has 1 heterocycles. The smallest absolute Gasteiger partial charge is 0.253 e. The van der Waals surface area contributed by atoms with Gasteiger partial charge in [-0.1, -0.05) is 6.07 Å². The molecule has 0 saturated heterocycles. The second-order valence-corrected chi connectivity index (χ2v) is 6.08. The molecule has 0 radical (unpaired) electrons. The fourth-order valence-corrected chi connectivity index (χ4v) is 2.12. The molecule has 0 aliphatic heterocycles. The summed E-state index contributed by atoms with van der Waals surface area (Å²) in [4.78, 5) is 0. The number of benzene rings is 1. The van der Waals surface area contributed by atoms with Crippen molar-refractivity contribution in [2.24, 2.45) is 0 Å². The molecule has 0 spiro atoms. The Kier molecular flexibility index (Phi) is 3.77. The van der Waals surface area contributed by atoms with Gasteiger partial charge in [0, 0.05) is 0 Å². The Balaban J connectivity index is 2.55. The Hall–Kier alpha value is -2.29. The molecule has 0 aliphatic rings. The lowest BCUT2D eigenvalue weighted by atomic mass is 10.1. The van der Waals surface area contributed by atoms with Crippen molar-refractivity contribution >= 4 is 15.9 Å². The lowest BCUT2D eigenvalue weighted by molar-refractivity contribution is 0.410. The molecular weight excluding hydrogens is 308 g/mol. The molecule has 2 aromatic rings. The first-order valence-corrected chi connectivity index (χ1v) is 7.41. The van der Waals surface area contributed by atoms with Gasteiger partial charge in [-0.25, -0.2) is 21.9 Å². The van der Waals surface area contributed by atoms with Crippen LogP contribution in [0.25, 0.3) is 11.3 Å². The standard InChI is InChI=1S/C12H11F2NO5S/c1-2-21(18,19)15-12-10(17)9(16)11(20-12)6-4-3-5-7(13)8(6)14/h3-5,15-17H,2H2,1H3. The van der Waals surface area contributed by atoms with Crippen molar-refractivity contribution in [1.29, 1.82) is 0 Å². The van der Waals surface area contributed by atoms with E-state index in [4.69, 9.17) is 4.42 Å². The highest BCUT2D eigenvalue weighted by atomic mass is 32.2.